The van der Waals surface area contributed by atoms with E-state index in [1.165, 1.54) is 12.8 Å². The van der Waals surface area contributed by atoms with E-state index in [1.807, 2.05) is 0 Å². The average Bonchev–Trinajstić information content (AvgIpc) is 2.92. The van der Waals surface area contributed by atoms with Crippen molar-refractivity contribution in [2.24, 2.45) is 17.8 Å². The minimum absolute atomic E-state index is 0.649. The lowest BCUT2D eigenvalue weighted by atomic mass is 9.94. The summed E-state index contributed by atoms with van der Waals surface area (Å²) in [4.78, 5) is 2.39. The van der Waals surface area contributed by atoms with Crippen molar-refractivity contribution in [2.45, 2.75) is 12.8 Å². The maximum Gasteiger partial charge on any atom is 0.0603 e. The Balaban J connectivity index is 1.49. The van der Waals surface area contributed by atoms with Crippen molar-refractivity contribution >= 4 is 0 Å². The van der Waals surface area contributed by atoms with Crippen LogP contribution < -0.4 is 0 Å². The summed E-state index contributed by atoms with van der Waals surface area (Å²) < 4.78 is 5.32. The summed E-state index contributed by atoms with van der Waals surface area (Å²) in [7, 11) is 0. The highest BCUT2D eigenvalue weighted by atomic mass is 16.5. The number of hydrogen-bond acceptors (Lipinski definition) is 2. The van der Waals surface area contributed by atoms with Crippen LogP contribution in [-0.2, 0) is 4.74 Å². The number of ether oxygens (including phenoxy) is 1. The number of hydrogen-bond donors (Lipinski definition) is 0. The van der Waals surface area contributed by atoms with Gasteiger partial charge in [0.15, 0.2) is 0 Å². The van der Waals surface area contributed by atoms with Gasteiger partial charge in [-0.05, 0) is 24.7 Å². The van der Waals surface area contributed by atoms with Gasteiger partial charge in [-0.3, -0.25) is 4.90 Å². The first-order valence-electron chi connectivity index (χ1n) is 6.38. The molecule has 0 amide bonds. The van der Waals surface area contributed by atoms with Gasteiger partial charge in [0.1, 0.15) is 0 Å². The number of allylic oxidation sites excluding steroid dienone is 2. The Bertz CT molecular complexity index is 332. The first-order chi connectivity index (χ1) is 7.92. The summed E-state index contributed by atoms with van der Waals surface area (Å²) >= 11 is 0. The summed E-state index contributed by atoms with van der Waals surface area (Å²) in [6, 6.07) is 0. The van der Waals surface area contributed by atoms with Gasteiger partial charge in [0.05, 0.1) is 19.8 Å². The Morgan fingerprint density at radius 3 is 2.75 bits per heavy atom. The Labute approximate surface area is 97.6 Å². The van der Waals surface area contributed by atoms with Crippen molar-refractivity contribution < 1.29 is 4.74 Å². The van der Waals surface area contributed by atoms with E-state index in [1.54, 1.807) is 0 Å². The van der Waals surface area contributed by atoms with E-state index in [0.717, 1.165) is 44.7 Å². The molecular weight excluding hydrogens is 198 g/mol. The van der Waals surface area contributed by atoms with Gasteiger partial charge in [-0.25, -0.2) is 0 Å². The smallest absolute Gasteiger partial charge is 0.0603 e. The molecule has 0 N–H and O–H groups in total. The van der Waals surface area contributed by atoms with Crippen molar-refractivity contribution in [3.8, 4) is 11.8 Å². The van der Waals surface area contributed by atoms with Crippen LogP contribution in [0.15, 0.2) is 12.2 Å². The summed E-state index contributed by atoms with van der Waals surface area (Å²) in [5.74, 6) is 9.10. The molecule has 3 atom stereocenters. The number of rotatable bonds is 1. The maximum absolute atomic E-state index is 5.32. The summed E-state index contributed by atoms with van der Waals surface area (Å²) in [5.41, 5.74) is 0. The van der Waals surface area contributed by atoms with Crippen LogP contribution in [0.2, 0.25) is 0 Å². The van der Waals surface area contributed by atoms with Crippen LogP contribution in [0.4, 0.5) is 0 Å². The third-order valence-electron chi connectivity index (χ3n) is 3.97. The highest BCUT2D eigenvalue weighted by Crippen LogP contribution is 2.42. The molecule has 3 aliphatic rings. The minimum atomic E-state index is 0.649. The molecule has 1 saturated heterocycles. The molecule has 0 radical (unpaired) electrons. The van der Waals surface area contributed by atoms with Crippen LogP contribution in [0.3, 0.4) is 0 Å². The normalized spacial score (nSPS) is 37.4. The van der Waals surface area contributed by atoms with E-state index < -0.39 is 0 Å². The van der Waals surface area contributed by atoms with Gasteiger partial charge < -0.3 is 4.74 Å². The SMILES string of the molecule is C(#CC1CC2C=CC1C2)CN1CCOCC1. The predicted octanol–water partition coefficient (Wildman–Crippen LogP) is 1.53. The average molecular weight is 217 g/mol. The summed E-state index contributed by atoms with van der Waals surface area (Å²) in [5, 5.41) is 0. The van der Waals surface area contributed by atoms with Crippen LogP contribution in [0.5, 0.6) is 0 Å². The Morgan fingerprint density at radius 2 is 2.06 bits per heavy atom. The van der Waals surface area contributed by atoms with Gasteiger partial charge in [0.25, 0.3) is 0 Å². The van der Waals surface area contributed by atoms with Crippen LogP contribution in [0.1, 0.15) is 12.8 Å². The second-order valence-corrected chi connectivity index (χ2v) is 5.10. The zero-order valence-electron chi connectivity index (χ0n) is 9.69. The molecule has 2 nitrogen and oxygen atoms in total. The first kappa shape index (κ1) is 10.4. The Hall–Kier alpha value is -0.780. The molecule has 1 saturated carbocycles. The van der Waals surface area contributed by atoms with Gasteiger partial charge in [-0.15, -0.1) is 0 Å². The van der Waals surface area contributed by atoms with Crippen molar-refractivity contribution in [3.63, 3.8) is 0 Å². The molecule has 16 heavy (non-hydrogen) atoms. The lowest BCUT2D eigenvalue weighted by molar-refractivity contribution is 0.0443. The molecule has 0 aromatic heterocycles. The molecule has 1 heterocycles. The zero-order valence-corrected chi connectivity index (χ0v) is 9.69. The third kappa shape index (κ3) is 2.16. The molecule has 86 valence electrons. The Kier molecular flexibility index (Phi) is 2.99. The zero-order chi connectivity index (χ0) is 10.8. The monoisotopic (exact) mass is 217 g/mol. The molecule has 3 rings (SSSR count). The topological polar surface area (TPSA) is 12.5 Å². The van der Waals surface area contributed by atoms with E-state index in [4.69, 9.17) is 4.74 Å². The maximum atomic E-state index is 5.32. The van der Waals surface area contributed by atoms with Gasteiger partial charge in [0.2, 0.25) is 0 Å². The third-order valence-corrected chi connectivity index (χ3v) is 3.97. The second-order valence-electron chi connectivity index (χ2n) is 5.10. The summed E-state index contributed by atoms with van der Waals surface area (Å²) in [6.45, 7) is 4.77. The van der Waals surface area contributed by atoms with E-state index in [-0.39, 0.29) is 0 Å². The fourth-order valence-corrected chi connectivity index (χ4v) is 2.99. The fourth-order valence-electron chi connectivity index (χ4n) is 2.99. The molecule has 0 spiro atoms. The van der Waals surface area contributed by atoms with E-state index >= 15 is 0 Å². The highest BCUT2D eigenvalue weighted by molar-refractivity contribution is 5.19. The molecule has 2 fully saturated rings. The molecule has 2 heteroatoms. The largest absolute Gasteiger partial charge is 0.379 e. The molecule has 3 unspecified atom stereocenters. The number of nitrogens with zero attached hydrogens (tertiary/aromatic N) is 1. The molecule has 1 aliphatic heterocycles. The lowest BCUT2D eigenvalue weighted by Gasteiger charge is -2.24. The van der Waals surface area contributed by atoms with Gasteiger partial charge in [-0.1, -0.05) is 24.0 Å². The van der Waals surface area contributed by atoms with E-state index in [0.29, 0.717) is 5.92 Å². The molecule has 2 aliphatic carbocycles. The van der Waals surface area contributed by atoms with E-state index in [9.17, 15) is 0 Å². The van der Waals surface area contributed by atoms with Crippen LogP contribution in [-0.4, -0.2) is 37.7 Å². The van der Waals surface area contributed by atoms with E-state index in [2.05, 4.69) is 28.9 Å². The lowest BCUT2D eigenvalue weighted by Crippen LogP contribution is -2.36. The number of fused-ring (bicyclic) bond motifs is 2. The van der Waals surface area contributed by atoms with Crippen LogP contribution in [0, 0.1) is 29.6 Å². The Morgan fingerprint density at radius 1 is 1.19 bits per heavy atom. The first-order valence-corrected chi connectivity index (χ1v) is 6.38. The molecule has 0 aromatic carbocycles. The van der Waals surface area contributed by atoms with Gasteiger partial charge >= 0.3 is 0 Å². The molecular formula is C14H19NO. The number of morpholine rings is 1. The van der Waals surface area contributed by atoms with Gasteiger partial charge in [-0.2, -0.15) is 0 Å². The molecule has 0 aromatic rings. The van der Waals surface area contributed by atoms with Crippen molar-refractivity contribution in [1.82, 2.24) is 4.90 Å². The standard InChI is InChI=1S/C14H19NO/c1(5-15-6-8-16-9-7-15)2-13-10-12-3-4-14(13)11-12/h3-4,12-14H,5-11H2. The predicted molar refractivity (Wildman–Crippen MR) is 63.9 cm³/mol. The highest BCUT2D eigenvalue weighted by Gasteiger charge is 2.34. The van der Waals surface area contributed by atoms with Crippen molar-refractivity contribution in [1.29, 1.82) is 0 Å². The molecule has 2 bridgehead atoms. The minimum Gasteiger partial charge on any atom is -0.379 e. The second kappa shape index (κ2) is 4.61. The van der Waals surface area contributed by atoms with Crippen LogP contribution >= 0.6 is 0 Å². The quantitative estimate of drug-likeness (QED) is 0.488. The van der Waals surface area contributed by atoms with Crippen LogP contribution in [0.25, 0.3) is 0 Å². The summed E-state index contributed by atoms with van der Waals surface area (Å²) in [6.07, 6.45) is 7.42. The fraction of sp³-hybridized carbons (Fsp3) is 0.714. The van der Waals surface area contributed by atoms with Gasteiger partial charge in [0, 0.05) is 19.0 Å². The van der Waals surface area contributed by atoms with Crippen molar-refractivity contribution in [3.05, 3.63) is 12.2 Å². The van der Waals surface area contributed by atoms with Crippen molar-refractivity contribution in [2.75, 3.05) is 32.8 Å².